The van der Waals surface area contributed by atoms with Gasteiger partial charge in [-0.15, -0.1) is 0 Å². The van der Waals surface area contributed by atoms with E-state index < -0.39 is 23.5 Å². The molecule has 11 nitrogen and oxygen atoms in total. The molecule has 202 valence electrons. The number of hydrazone groups is 1. The number of amides is 3. The number of carbonyl (C=O) groups excluding carboxylic acids is 3. The average molecular weight is 537 g/mol. The molecule has 3 N–H and O–H groups in total. The van der Waals surface area contributed by atoms with Gasteiger partial charge in [0.2, 0.25) is 6.79 Å². The predicted molar refractivity (Wildman–Crippen MR) is 139 cm³/mol. The standard InChI is InChI=1S/C27H25FN4O7/c1-2-36-23-11-17(7-9-21(23)37-15-26(34)31-20-6-4-3-5-19(20)28)13-30-32-25(33)14-29-27(35)18-8-10-22-24(12-18)39-16-38-22/h3-13H,2,14-16H2,1H3,(H,29,35)(H,31,34)(H,32,33). The predicted octanol–water partition coefficient (Wildman–Crippen LogP) is 2.85. The summed E-state index contributed by atoms with van der Waals surface area (Å²) in [4.78, 5) is 36.5. The van der Waals surface area contributed by atoms with Crippen molar-refractivity contribution in [3.8, 4) is 23.0 Å². The highest BCUT2D eigenvalue weighted by molar-refractivity contribution is 5.97. The van der Waals surface area contributed by atoms with Crippen LogP contribution in [-0.4, -0.2) is 50.5 Å². The Morgan fingerprint density at radius 3 is 2.62 bits per heavy atom. The van der Waals surface area contributed by atoms with Crippen LogP contribution in [0.1, 0.15) is 22.8 Å². The first-order valence-electron chi connectivity index (χ1n) is 11.9. The van der Waals surface area contributed by atoms with E-state index >= 15 is 0 Å². The summed E-state index contributed by atoms with van der Waals surface area (Å²) in [5.74, 6) is -0.417. The van der Waals surface area contributed by atoms with Gasteiger partial charge in [0, 0.05) is 5.56 Å². The number of nitrogens with zero attached hydrogens (tertiary/aromatic N) is 1. The lowest BCUT2D eigenvalue weighted by atomic mass is 10.2. The molecule has 0 bridgehead atoms. The van der Waals surface area contributed by atoms with Crippen molar-refractivity contribution < 1.29 is 37.7 Å². The number of nitrogens with one attached hydrogen (secondary N) is 3. The second kappa shape index (κ2) is 12.9. The summed E-state index contributed by atoms with van der Waals surface area (Å²) in [5, 5.41) is 8.83. The van der Waals surface area contributed by atoms with Crippen LogP contribution in [0.5, 0.6) is 23.0 Å². The number of halogens is 1. The zero-order valence-corrected chi connectivity index (χ0v) is 20.9. The Hall–Kier alpha value is -5.13. The van der Waals surface area contributed by atoms with Crippen molar-refractivity contribution >= 4 is 29.6 Å². The Kier molecular flexibility index (Phi) is 8.91. The van der Waals surface area contributed by atoms with Crippen LogP contribution in [0.4, 0.5) is 10.1 Å². The van der Waals surface area contributed by atoms with Crippen molar-refractivity contribution in [2.24, 2.45) is 5.10 Å². The number of benzene rings is 3. The highest BCUT2D eigenvalue weighted by Gasteiger charge is 2.16. The fourth-order valence-electron chi connectivity index (χ4n) is 3.40. The van der Waals surface area contributed by atoms with Gasteiger partial charge in [-0.25, -0.2) is 9.82 Å². The molecule has 0 unspecified atom stereocenters. The van der Waals surface area contributed by atoms with Gasteiger partial charge >= 0.3 is 0 Å². The second-order valence-electron chi connectivity index (χ2n) is 8.00. The summed E-state index contributed by atoms with van der Waals surface area (Å²) in [5.41, 5.74) is 3.28. The number of hydrogen-bond acceptors (Lipinski definition) is 8. The molecule has 0 fully saturated rings. The summed E-state index contributed by atoms with van der Waals surface area (Å²) >= 11 is 0. The molecule has 4 rings (SSSR count). The minimum Gasteiger partial charge on any atom is -0.490 e. The van der Waals surface area contributed by atoms with Gasteiger partial charge in [-0.05, 0) is 61.0 Å². The lowest BCUT2D eigenvalue weighted by Gasteiger charge is -2.13. The Bertz CT molecular complexity index is 1400. The molecule has 0 saturated carbocycles. The maximum atomic E-state index is 13.7. The molecule has 3 aromatic carbocycles. The normalized spacial score (nSPS) is 11.6. The van der Waals surface area contributed by atoms with Gasteiger partial charge in [-0.1, -0.05) is 12.1 Å². The molecule has 39 heavy (non-hydrogen) atoms. The van der Waals surface area contributed by atoms with Crippen molar-refractivity contribution in [3.63, 3.8) is 0 Å². The first-order valence-corrected chi connectivity index (χ1v) is 11.9. The van der Waals surface area contributed by atoms with E-state index in [-0.39, 0.29) is 25.6 Å². The molecule has 3 aromatic rings. The fraction of sp³-hybridized carbons (Fsp3) is 0.185. The molecule has 0 spiro atoms. The number of hydrogen-bond donors (Lipinski definition) is 3. The quantitative estimate of drug-likeness (QED) is 0.253. The van der Waals surface area contributed by atoms with Gasteiger partial charge in [-0.3, -0.25) is 14.4 Å². The maximum absolute atomic E-state index is 13.7. The molecule has 1 heterocycles. The highest BCUT2D eigenvalue weighted by Crippen LogP contribution is 2.32. The van der Waals surface area contributed by atoms with Gasteiger partial charge in [0.1, 0.15) is 5.82 Å². The van der Waals surface area contributed by atoms with Gasteiger partial charge in [0.15, 0.2) is 29.6 Å². The second-order valence-corrected chi connectivity index (χ2v) is 8.00. The first kappa shape index (κ1) is 26.9. The molecule has 0 saturated heterocycles. The zero-order valence-electron chi connectivity index (χ0n) is 20.9. The molecule has 0 aliphatic carbocycles. The highest BCUT2D eigenvalue weighted by atomic mass is 19.1. The van der Waals surface area contributed by atoms with Crippen molar-refractivity contribution in [2.75, 3.05) is 31.9 Å². The molecule has 0 aromatic heterocycles. The minimum absolute atomic E-state index is 0.0530. The monoisotopic (exact) mass is 536 g/mol. The smallest absolute Gasteiger partial charge is 0.262 e. The molecule has 1 aliphatic rings. The number of carbonyl (C=O) groups is 3. The maximum Gasteiger partial charge on any atom is 0.262 e. The Morgan fingerprint density at radius 1 is 0.974 bits per heavy atom. The fourth-order valence-corrected chi connectivity index (χ4v) is 3.40. The number of fused-ring (bicyclic) bond motifs is 1. The SMILES string of the molecule is CCOc1cc(C=NNC(=O)CNC(=O)c2ccc3c(c2)OCO3)ccc1OCC(=O)Nc1ccccc1F. The lowest BCUT2D eigenvalue weighted by molar-refractivity contribution is -0.120. The molecular weight excluding hydrogens is 511 g/mol. The third kappa shape index (κ3) is 7.44. The number of ether oxygens (including phenoxy) is 4. The first-order chi connectivity index (χ1) is 18.9. The van der Waals surface area contributed by atoms with E-state index in [1.165, 1.54) is 30.5 Å². The van der Waals surface area contributed by atoms with Crippen LogP contribution in [0.25, 0.3) is 0 Å². The largest absolute Gasteiger partial charge is 0.490 e. The van der Waals surface area contributed by atoms with E-state index in [0.29, 0.717) is 40.7 Å². The van der Waals surface area contributed by atoms with Gasteiger partial charge in [0.25, 0.3) is 17.7 Å². The van der Waals surface area contributed by atoms with Crippen molar-refractivity contribution in [1.29, 1.82) is 0 Å². The van der Waals surface area contributed by atoms with Crippen LogP contribution in [0, 0.1) is 5.82 Å². The summed E-state index contributed by atoms with van der Waals surface area (Å²) in [6.07, 6.45) is 1.38. The number of rotatable bonds is 11. The van der Waals surface area contributed by atoms with Crippen LogP contribution in [-0.2, 0) is 9.59 Å². The molecule has 0 radical (unpaired) electrons. The minimum atomic E-state index is -0.552. The molecule has 3 amide bonds. The van der Waals surface area contributed by atoms with E-state index in [1.807, 2.05) is 0 Å². The van der Waals surface area contributed by atoms with Crippen LogP contribution in [0.3, 0.4) is 0 Å². The topological polar surface area (TPSA) is 137 Å². The average Bonchev–Trinajstić information content (AvgIpc) is 3.41. The molecular formula is C27H25FN4O7. The third-order valence-electron chi connectivity index (χ3n) is 5.22. The third-order valence-corrected chi connectivity index (χ3v) is 5.22. The summed E-state index contributed by atoms with van der Waals surface area (Å²) in [7, 11) is 0. The van der Waals surface area contributed by atoms with Crippen molar-refractivity contribution in [3.05, 3.63) is 77.6 Å². The Morgan fingerprint density at radius 2 is 1.79 bits per heavy atom. The molecule has 12 heteroatoms. The Balaban J connectivity index is 1.26. The molecule has 0 atom stereocenters. The van der Waals surface area contributed by atoms with Crippen molar-refractivity contribution in [1.82, 2.24) is 10.7 Å². The van der Waals surface area contributed by atoms with Crippen molar-refractivity contribution in [2.45, 2.75) is 6.92 Å². The Labute approximate surface area is 222 Å². The van der Waals surface area contributed by atoms with E-state index in [9.17, 15) is 18.8 Å². The lowest BCUT2D eigenvalue weighted by Crippen LogP contribution is -2.34. The summed E-state index contributed by atoms with van der Waals surface area (Å²) in [6, 6.07) is 15.4. The van der Waals surface area contributed by atoms with Crippen LogP contribution in [0.15, 0.2) is 65.8 Å². The van der Waals surface area contributed by atoms with E-state index in [2.05, 4.69) is 21.2 Å². The molecule has 1 aliphatic heterocycles. The number of para-hydroxylation sites is 1. The van der Waals surface area contributed by atoms with Gasteiger partial charge in [-0.2, -0.15) is 5.10 Å². The zero-order chi connectivity index (χ0) is 27.6. The van der Waals surface area contributed by atoms with Gasteiger partial charge in [0.05, 0.1) is 25.1 Å². The summed E-state index contributed by atoms with van der Waals surface area (Å²) < 4.78 is 35.3. The van der Waals surface area contributed by atoms with Crippen LogP contribution >= 0.6 is 0 Å². The van der Waals surface area contributed by atoms with Gasteiger partial charge < -0.3 is 29.6 Å². The van der Waals surface area contributed by atoms with Crippen LogP contribution < -0.4 is 35.0 Å². The van der Waals surface area contributed by atoms with E-state index in [0.717, 1.165) is 0 Å². The summed E-state index contributed by atoms with van der Waals surface area (Å²) in [6.45, 7) is 1.55. The number of anilines is 1. The van der Waals surface area contributed by atoms with E-state index in [1.54, 1.807) is 43.3 Å². The van der Waals surface area contributed by atoms with Crippen LogP contribution in [0.2, 0.25) is 0 Å². The van der Waals surface area contributed by atoms with E-state index in [4.69, 9.17) is 18.9 Å².